The third-order valence-electron chi connectivity index (χ3n) is 4.17. The second-order valence-electron chi connectivity index (χ2n) is 6.65. The van der Waals surface area contributed by atoms with Crippen LogP contribution < -0.4 is 0 Å². The minimum atomic E-state index is 0.330. The highest BCUT2D eigenvalue weighted by molar-refractivity contribution is 5.64. The number of allylic oxidation sites excluding steroid dienone is 2. The summed E-state index contributed by atoms with van der Waals surface area (Å²) >= 11 is 0. The molecule has 2 nitrogen and oxygen atoms in total. The lowest BCUT2D eigenvalue weighted by molar-refractivity contribution is 0.0116. The molecule has 0 bridgehead atoms. The first kappa shape index (κ1) is 18.4. The van der Waals surface area contributed by atoms with Gasteiger partial charge < -0.3 is 4.74 Å². The van der Waals surface area contributed by atoms with Gasteiger partial charge in [0.05, 0.1) is 12.2 Å². The van der Waals surface area contributed by atoms with Gasteiger partial charge in [0.2, 0.25) is 0 Å². The van der Waals surface area contributed by atoms with Crippen molar-refractivity contribution in [2.75, 3.05) is 0 Å². The Bertz CT molecular complexity index is 320. The average Bonchev–Trinajstić information content (AvgIpc) is 2.95. The van der Waals surface area contributed by atoms with E-state index >= 15 is 0 Å². The minimum Gasteiger partial charge on any atom is -0.376 e. The topological polar surface area (TPSA) is 21.6 Å². The zero-order valence-corrected chi connectivity index (χ0v) is 14.6. The molecule has 0 aliphatic carbocycles. The predicted octanol–water partition coefficient (Wildman–Crippen LogP) is 5.92. The Kier molecular flexibility index (Phi) is 9.65. The summed E-state index contributed by atoms with van der Waals surface area (Å²) in [6, 6.07) is 0. The molecule has 0 radical (unpaired) electrons. The molecule has 21 heavy (non-hydrogen) atoms. The van der Waals surface area contributed by atoms with Crippen LogP contribution in [0.25, 0.3) is 0 Å². The lowest BCUT2D eigenvalue weighted by Gasteiger charge is -2.21. The summed E-state index contributed by atoms with van der Waals surface area (Å²) in [5.74, 6) is 0.642. The van der Waals surface area contributed by atoms with Gasteiger partial charge in [0, 0.05) is 24.3 Å². The Morgan fingerprint density at radius 1 is 1.05 bits per heavy atom. The molecule has 1 heterocycles. The first-order chi connectivity index (χ1) is 10.1. The van der Waals surface area contributed by atoms with Crippen LogP contribution in [0.2, 0.25) is 0 Å². The number of hydrogen-bond donors (Lipinski definition) is 0. The van der Waals surface area contributed by atoms with Crippen LogP contribution in [-0.2, 0) is 4.74 Å². The van der Waals surface area contributed by atoms with Crippen LogP contribution in [0, 0.1) is 5.92 Å². The number of nitrogens with zero attached hydrogens (tertiary/aromatic N) is 1. The summed E-state index contributed by atoms with van der Waals surface area (Å²) in [5, 5.41) is 0. The molecule has 0 fully saturated rings. The molecular formula is C19H35NO. The zero-order valence-electron chi connectivity index (χ0n) is 14.6. The Balaban J connectivity index is 2.33. The quantitative estimate of drug-likeness (QED) is 0.409. The van der Waals surface area contributed by atoms with Gasteiger partial charge in [0.25, 0.3) is 0 Å². The molecule has 0 aromatic heterocycles. The lowest BCUT2D eigenvalue weighted by Crippen LogP contribution is -2.16. The maximum Gasteiger partial charge on any atom is 0.0550 e. The summed E-state index contributed by atoms with van der Waals surface area (Å²) in [5.41, 5.74) is 1.34. The lowest BCUT2D eigenvalue weighted by atomic mass is 9.91. The van der Waals surface area contributed by atoms with Gasteiger partial charge in [0.1, 0.15) is 0 Å². The van der Waals surface area contributed by atoms with E-state index in [2.05, 4.69) is 38.8 Å². The van der Waals surface area contributed by atoms with Crippen LogP contribution in [0.3, 0.4) is 0 Å². The Morgan fingerprint density at radius 3 is 2.43 bits per heavy atom. The standard InChI is InChI=1S/C19H35NO/c1-5-6-7-8-9-11-18(19-12-10-15-20-19)14-13-17(4)21-16(2)3/h12,15-18H,5-11,13-14H2,1-4H3. The summed E-state index contributed by atoms with van der Waals surface area (Å²) in [7, 11) is 0. The highest BCUT2D eigenvalue weighted by Gasteiger charge is 2.17. The van der Waals surface area contributed by atoms with Gasteiger partial charge in [-0.05, 0) is 40.0 Å². The number of hydrogen-bond acceptors (Lipinski definition) is 2. The third-order valence-corrected chi connectivity index (χ3v) is 4.17. The van der Waals surface area contributed by atoms with E-state index in [4.69, 9.17) is 4.74 Å². The van der Waals surface area contributed by atoms with Gasteiger partial charge in [0.15, 0.2) is 0 Å². The predicted molar refractivity (Wildman–Crippen MR) is 93.0 cm³/mol. The van der Waals surface area contributed by atoms with E-state index in [0.717, 1.165) is 12.8 Å². The van der Waals surface area contributed by atoms with Crippen molar-refractivity contribution in [2.45, 2.75) is 97.7 Å². The Hall–Kier alpha value is -0.630. The zero-order chi connectivity index (χ0) is 15.5. The molecule has 1 aliphatic heterocycles. The molecule has 0 saturated carbocycles. The van der Waals surface area contributed by atoms with Crippen LogP contribution in [0.5, 0.6) is 0 Å². The van der Waals surface area contributed by atoms with Crippen LogP contribution in [0.1, 0.15) is 85.5 Å². The van der Waals surface area contributed by atoms with Crippen molar-refractivity contribution in [2.24, 2.45) is 10.9 Å². The van der Waals surface area contributed by atoms with E-state index in [1.807, 2.05) is 6.21 Å². The molecule has 0 aromatic rings. The highest BCUT2D eigenvalue weighted by Crippen LogP contribution is 2.28. The molecule has 2 atom stereocenters. The number of unbranched alkanes of at least 4 members (excludes halogenated alkanes) is 4. The third kappa shape index (κ3) is 8.40. The molecule has 0 saturated heterocycles. The fraction of sp³-hybridized carbons (Fsp3) is 0.842. The molecule has 0 aromatic carbocycles. The first-order valence-electron chi connectivity index (χ1n) is 9.01. The normalized spacial score (nSPS) is 17.3. The maximum absolute atomic E-state index is 5.86. The summed E-state index contributed by atoms with van der Waals surface area (Å²) in [4.78, 5) is 4.59. The van der Waals surface area contributed by atoms with Crippen molar-refractivity contribution in [1.82, 2.24) is 0 Å². The van der Waals surface area contributed by atoms with Crippen molar-refractivity contribution in [1.29, 1.82) is 0 Å². The first-order valence-corrected chi connectivity index (χ1v) is 9.01. The largest absolute Gasteiger partial charge is 0.376 e. The molecule has 0 spiro atoms. The van der Waals surface area contributed by atoms with E-state index in [-0.39, 0.29) is 0 Å². The van der Waals surface area contributed by atoms with E-state index in [9.17, 15) is 0 Å². The fourth-order valence-electron chi connectivity index (χ4n) is 3.06. The number of aliphatic imine (C=N–C) groups is 1. The van der Waals surface area contributed by atoms with E-state index in [1.165, 1.54) is 50.6 Å². The van der Waals surface area contributed by atoms with Crippen molar-refractivity contribution in [3.63, 3.8) is 0 Å². The number of rotatable bonds is 12. The monoisotopic (exact) mass is 293 g/mol. The molecule has 0 amide bonds. The average molecular weight is 293 g/mol. The van der Waals surface area contributed by atoms with Gasteiger partial charge in [-0.15, -0.1) is 0 Å². The van der Waals surface area contributed by atoms with Crippen LogP contribution in [0.4, 0.5) is 0 Å². The Morgan fingerprint density at radius 2 is 1.81 bits per heavy atom. The van der Waals surface area contributed by atoms with Crippen LogP contribution in [-0.4, -0.2) is 18.4 Å². The molecule has 122 valence electrons. The summed E-state index contributed by atoms with van der Waals surface area (Å²) in [6.07, 6.45) is 16.5. The van der Waals surface area contributed by atoms with Crippen LogP contribution >= 0.6 is 0 Å². The second-order valence-corrected chi connectivity index (χ2v) is 6.65. The molecule has 2 heteroatoms. The van der Waals surface area contributed by atoms with Crippen molar-refractivity contribution in [3.05, 3.63) is 11.8 Å². The van der Waals surface area contributed by atoms with Crippen molar-refractivity contribution < 1.29 is 4.74 Å². The van der Waals surface area contributed by atoms with E-state index in [0.29, 0.717) is 18.1 Å². The summed E-state index contributed by atoms with van der Waals surface area (Å²) < 4.78 is 5.86. The maximum atomic E-state index is 5.86. The fourth-order valence-corrected chi connectivity index (χ4v) is 3.06. The van der Waals surface area contributed by atoms with Gasteiger partial charge >= 0.3 is 0 Å². The molecule has 1 rings (SSSR count). The summed E-state index contributed by atoms with van der Waals surface area (Å²) in [6.45, 7) is 8.71. The number of ether oxygens (including phenoxy) is 1. The molecule has 1 aliphatic rings. The smallest absolute Gasteiger partial charge is 0.0550 e. The second kappa shape index (κ2) is 11.0. The molecule has 0 N–H and O–H groups in total. The van der Waals surface area contributed by atoms with Gasteiger partial charge in [-0.25, -0.2) is 0 Å². The van der Waals surface area contributed by atoms with Crippen LogP contribution in [0.15, 0.2) is 16.8 Å². The van der Waals surface area contributed by atoms with Crippen molar-refractivity contribution in [3.8, 4) is 0 Å². The van der Waals surface area contributed by atoms with E-state index < -0.39 is 0 Å². The Labute approximate surface area is 132 Å². The van der Waals surface area contributed by atoms with Crippen molar-refractivity contribution >= 4 is 6.21 Å². The minimum absolute atomic E-state index is 0.330. The van der Waals surface area contributed by atoms with Gasteiger partial charge in [-0.1, -0.05) is 45.1 Å². The van der Waals surface area contributed by atoms with E-state index in [1.54, 1.807) is 0 Å². The van der Waals surface area contributed by atoms with Gasteiger partial charge in [-0.3, -0.25) is 4.99 Å². The highest BCUT2D eigenvalue weighted by atomic mass is 16.5. The SMILES string of the molecule is CCCCCCCC(CCC(C)OC(C)C)C1=CCC=N1. The van der Waals surface area contributed by atoms with Gasteiger partial charge in [-0.2, -0.15) is 0 Å². The molecule has 2 unspecified atom stereocenters. The molecular weight excluding hydrogens is 258 g/mol.